The molecule has 0 aromatic heterocycles. The quantitative estimate of drug-likeness (QED) is 0.926. The van der Waals surface area contributed by atoms with Gasteiger partial charge in [0, 0.05) is 5.56 Å². The molecule has 5 nitrogen and oxygen atoms in total. The van der Waals surface area contributed by atoms with Crippen molar-refractivity contribution < 1.29 is 19.0 Å². The normalized spacial score (nSPS) is 17.2. The van der Waals surface area contributed by atoms with Crippen LogP contribution in [0.4, 0.5) is 4.79 Å². The maximum atomic E-state index is 12.1. The molecule has 1 unspecified atom stereocenters. The largest absolute Gasteiger partial charge is 0.497 e. The van der Waals surface area contributed by atoms with E-state index in [1.54, 1.807) is 14.2 Å². The Morgan fingerprint density at radius 1 is 0.958 bits per heavy atom. The molecule has 0 bridgehead atoms. The number of carbonyl (C=O) groups excluding carboxylic acids is 1. The first kappa shape index (κ1) is 15.9. The predicted molar refractivity (Wildman–Crippen MR) is 90.9 cm³/mol. The average molecular weight is 325 g/mol. The molecule has 0 saturated carbocycles. The number of nitrogens with one attached hydrogen (secondary N) is 1. The van der Waals surface area contributed by atoms with E-state index in [2.05, 4.69) is 5.32 Å². The summed E-state index contributed by atoms with van der Waals surface area (Å²) in [5.74, 6) is 2.09. The first-order chi connectivity index (χ1) is 11.7. The minimum atomic E-state index is -0.463. The summed E-state index contributed by atoms with van der Waals surface area (Å²) < 4.78 is 15.7. The standard InChI is InChI=1S/C19H19NO4/c1-22-15-7-3-13(4-8-15)17-11-12-18(24-19(21)20-17)14-5-9-16(23-2)10-6-14/h3-10,12,17H,11H2,1-2H3,(H,20,21). The predicted octanol–water partition coefficient (Wildman–Crippen LogP) is 3.92. The Hall–Kier alpha value is -2.95. The Labute approximate surface area is 140 Å². The van der Waals surface area contributed by atoms with Gasteiger partial charge in [0.1, 0.15) is 17.3 Å². The Bertz CT molecular complexity index is 735. The highest BCUT2D eigenvalue weighted by Crippen LogP contribution is 2.27. The molecule has 2 aromatic rings. The fourth-order valence-corrected chi connectivity index (χ4v) is 2.58. The van der Waals surface area contributed by atoms with Crippen molar-refractivity contribution in [3.05, 3.63) is 65.7 Å². The van der Waals surface area contributed by atoms with Gasteiger partial charge in [-0.1, -0.05) is 12.1 Å². The number of hydrogen-bond acceptors (Lipinski definition) is 4. The van der Waals surface area contributed by atoms with Crippen LogP contribution >= 0.6 is 0 Å². The Kier molecular flexibility index (Phi) is 4.70. The van der Waals surface area contributed by atoms with Gasteiger partial charge in [-0.2, -0.15) is 0 Å². The van der Waals surface area contributed by atoms with Crippen molar-refractivity contribution in [3.63, 3.8) is 0 Å². The SMILES string of the molecule is COc1ccc(C2=CCC(c3ccc(OC)cc3)NC(=O)O2)cc1. The van der Waals surface area contributed by atoms with Crippen LogP contribution in [0.2, 0.25) is 0 Å². The highest BCUT2D eigenvalue weighted by molar-refractivity contribution is 5.78. The van der Waals surface area contributed by atoms with E-state index in [1.807, 2.05) is 54.6 Å². The van der Waals surface area contributed by atoms with Crippen LogP contribution in [0, 0.1) is 0 Å². The van der Waals surface area contributed by atoms with Gasteiger partial charge >= 0.3 is 6.09 Å². The number of benzene rings is 2. The van der Waals surface area contributed by atoms with Crippen molar-refractivity contribution in [1.82, 2.24) is 5.32 Å². The Balaban J connectivity index is 1.81. The summed E-state index contributed by atoms with van der Waals surface area (Å²) in [7, 11) is 3.24. The fraction of sp³-hybridized carbons (Fsp3) is 0.211. The summed E-state index contributed by atoms with van der Waals surface area (Å²) in [6.07, 6.45) is 2.10. The summed E-state index contributed by atoms with van der Waals surface area (Å²) in [6.45, 7) is 0. The molecule has 0 spiro atoms. The molecule has 24 heavy (non-hydrogen) atoms. The number of alkyl carbamates (subject to hydrolysis) is 1. The van der Waals surface area contributed by atoms with E-state index in [-0.39, 0.29) is 6.04 Å². The second kappa shape index (κ2) is 7.08. The summed E-state index contributed by atoms with van der Waals surface area (Å²) in [4.78, 5) is 12.1. The van der Waals surface area contributed by atoms with Crippen molar-refractivity contribution in [2.75, 3.05) is 14.2 Å². The van der Waals surface area contributed by atoms with Crippen LogP contribution < -0.4 is 14.8 Å². The van der Waals surface area contributed by atoms with Crippen LogP contribution in [0.1, 0.15) is 23.6 Å². The van der Waals surface area contributed by atoms with E-state index in [0.717, 1.165) is 22.6 Å². The first-order valence-corrected chi connectivity index (χ1v) is 7.66. The van der Waals surface area contributed by atoms with Crippen LogP contribution in [0.15, 0.2) is 54.6 Å². The van der Waals surface area contributed by atoms with Crippen molar-refractivity contribution in [2.45, 2.75) is 12.5 Å². The number of amides is 1. The molecule has 124 valence electrons. The van der Waals surface area contributed by atoms with E-state index < -0.39 is 6.09 Å². The summed E-state index contributed by atoms with van der Waals surface area (Å²) in [5.41, 5.74) is 1.83. The van der Waals surface area contributed by atoms with Gasteiger partial charge in [-0.3, -0.25) is 0 Å². The van der Waals surface area contributed by atoms with Crippen molar-refractivity contribution in [2.24, 2.45) is 0 Å². The molecule has 0 radical (unpaired) electrons. The van der Waals surface area contributed by atoms with Crippen LogP contribution in [-0.4, -0.2) is 20.3 Å². The highest BCUT2D eigenvalue weighted by Gasteiger charge is 2.21. The van der Waals surface area contributed by atoms with Gasteiger partial charge in [0.15, 0.2) is 0 Å². The van der Waals surface area contributed by atoms with E-state index in [4.69, 9.17) is 14.2 Å². The second-order valence-corrected chi connectivity index (χ2v) is 5.39. The number of cyclic esters (lactones) is 1. The molecule has 0 saturated heterocycles. The molecule has 1 N–H and O–H groups in total. The average Bonchev–Trinajstić information content (AvgIpc) is 2.83. The molecular formula is C19H19NO4. The summed E-state index contributed by atoms with van der Waals surface area (Å²) >= 11 is 0. The Morgan fingerprint density at radius 3 is 2.12 bits per heavy atom. The number of carbonyl (C=O) groups is 1. The van der Waals surface area contributed by atoms with E-state index in [9.17, 15) is 4.79 Å². The van der Waals surface area contributed by atoms with Gasteiger partial charge in [0.2, 0.25) is 0 Å². The Morgan fingerprint density at radius 2 is 1.54 bits per heavy atom. The third kappa shape index (κ3) is 3.51. The highest BCUT2D eigenvalue weighted by atomic mass is 16.6. The smallest absolute Gasteiger partial charge is 0.413 e. The first-order valence-electron chi connectivity index (χ1n) is 7.66. The van der Waals surface area contributed by atoms with Crippen LogP contribution in [0.25, 0.3) is 5.76 Å². The lowest BCUT2D eigenvalue weighted by Gasteiger charge is -2.15. The zero-order chi connectivity index (χ0) is 16.9. The number of ether oxygens (including phenoxy) is 3. The van der Waals surface area contributed by atoms with Crippen LogP contribution in [-0.2, 0) is 4.74 Å². The van der Waals surface area contributed by atoms with Crippen LogP contribution in [0.5, 0.6) is 11.5 Å². The lowest BCUT2D eigenvalue weighted by molar-refractivity contribution is 0.190. The lowest BCUT2D eigenvalue weighted by Crippen LogP contribution is -2.26. The third-order valence-electron chi connectivity index (χ3n) is 3.93. The maximum absolute atomic E-state index is 12.1. The number of hydrogen-bond donors (Lipinski definition) is 1. The number of methoxy groups -OCH3 is 2. The zero-order valence-electron chi connectivity index (χ0n) is 13.6. The summed E-state index contributed by atoms with van der Waals surface area (Å²) in [5, 5.41) is 2.88. The van der Waals surface area contributed by atoms with Crippen LogP contribution in [0.3, 0.4) is 0 Å². The lowest BCUT2D eigenvalue weighted by atomic mass is 10.0. The van der Waals surface area contributed by atoms with Gasteiger partial charge in [-0.05, 0) is 54.5 Å². The van der Waals surface area contributed by atoms with Crippen molar-refractivity contribution in [1.29, 1.82) is 0 Å². The van der Waals surface area contributed by atoms with E-state index in [0.29, 0.717) is 12.2 Å². The molecule has 2 aromatic carbocycles. The molecule has 3 rings (SSSR count). The fourth-order valence-electron chi connectivity index (χ4n) is 2.58. The molecular weight excluding hydrogens is 306 g/mol. The maximum Gasteiger partial charge on any atom is 0.413 e. The van der Waals surface area contributed by atoms with Gasteiger partial charge in [0.05, 0.1) is 20.3 Å². The molecule has 1 amide bonds. The molecule has 1 aliphatic heterocycles. The molecule has 1 heterocycles. The minimum Gasteiger partial charge on any atom is -0.497 e. The molecule has 5 heteroatoms. The molecule has 1 aliphatic rings. The molecule has 1 atom stereocenters. The van der Waals surface area contributed by atoms with E-state index >= 15 is 0 Å². The topological polar surface area (TPSA) is 56.8 Å². The number of rotatable bonds is 4. The van der Waals surface area contributed by atoms with Crippen molar-refractivity contribution >= 4 is 11.9 Å². The molecule has 0 aliphatic carbocycles. The molecule has 0 fully saturated rings. The second-order valence-electron chi connectivity index (χ2n) is 5.39. The third-order valence-corrected chi connectivity index (χ3v) is 3.93. The van der Waals surface area contributed by atoms with Gasteiger partial charge in [-0.15, -0.1) is 0 Å². The zero-order valence-corrected chi connectivity index (χ0v) is 13.6. The van der Waals surface area contributed by atoms with Gasteiger partial charge in [-0.25, -0.2) is 4.79 Å². The van der Waals surface area contributed by atoms with Gasteiger partial charge in [0.25, 0.3) is 0 Å². The van der Waals surface area contributed by atoms with Crippen molar-refractivity contribution in [3.8, 4) is 11.5 Å². The van der Waals surface area contributed by atoms with E-state index in [1.165, 1.54) is 0 Å². The monoisotopic (exact) mass is 325 g/mol. The summed E-state index contributed by atoms with van der Waals surface area (Å²) in [6, 6.07) is 14.9. The van der Waals surface area contributed by atoms with Gasteiger partial charge < -0.3 is 19.5 Å². The minimum absolute atomic E-state index is 0.140.